The predicted molar refractivity (Wildman–Crippen MR) is 91.8 cm³/mol. The maximum Gasteiger partial charge on any atom is 0.284 e. The van der Waals surface area contributed by atoms with Crippen molar-refractivity contribution in [3.05, 3.63) is 42.2 Å². The normalized spacial score (nSPS) is 13.6. The Bertz CT molecular complexity index is 909. The van der Waals surface area contributed by atoms with Gasteiger partial charge >= 0.3 is 0 Å². The molecule has 4 rings (SSSR count). The van der Waals surface area contributed by atoms with Gasteiger partial charge in [0, 0.05) is 0 Å². The van der Waals surface area contributed by atoms with Crippen LogP contribution in [0.4, 0.5) is 0 Å². The van der Waals surface area contributed by atoms with Crippen LogP contribution < -0.4 is 14.8 Å². The number of hydrogen-bond acceptors (Lipinski definition) is 8. The van der Waals surface area contributed by atoms with E-state index < -0.39 is 0 Å². The molecular weight excluding hydrogens is 358 g/mol. The quantitative estimate of drug-likeness (QED) is 0.658. The number of nitrogens with zero attached hydrogens (tertiary/aromatic N) is 2. The third kappa shape index (κ3) is 3.52. The average molecular weight is 373 g/mol. The highest BCUT2D eigenvalue weighted by molar-refractivity contribution is 7.99. The summed E-state index contributed by atoms with van der Waals surface area (Å²) >= 11 is 1.17. The fourth-order valence-corrected chi connectivity index (χ4v) is 3.02. The predicted octanol–water partition coefficient (Wildman–Crippen LogP) is 3.03. The number of nitrogens with one attached hydrogen (secondary N) is 1. The summed E-state index contributed by atoms with van der Waals surface area (Å²) in [6.07, 6.45) is 1.53. The highest BCUT2D eigenvalue weighted by atomic mass is 32.2. The molecule has 8 nitrogen and oxygen atoms in total. The van der Waals surface area contributed by atoms with Crippen LogP contribution in [-0.2, 0) is 4.79 Å². The summed E-state index contributed by atoms with van der Waals surface area (Å²) in [7, 11) is 0. The molecule has 0 saturated carbocycles. The van der Waals surface area contributed by atoms with E-state index in [9.17, 15) is 4.79 Å². The minimum absolute atomic E-state index is 0.141. The lowest BCUT2D eigenvalue weighted by Crippen LogP contribution is -2.28. The molecule has 1 aliphatic rings. The number of carbonyl (C=O) groups is 1. The molecule has 3 heterocycles. The third-order valence-corrected chi connectivity index (χ3v) is 4.56. The van der Waals surface area contributed by atoms with Gasteiger partial charge in [0.2, 0.25) is 12.7 Å². The molecule has 0 radical (unpaired) electrons. The number of carbonyl (C=O) groups excluding carboxylic acids is 1. The minimum atomic E-state index is -0.168. The molecule has 134 valence electrons. The molecule has 9 heteroatoms. The number of ether oxygens (including phenoxy) is 2. The van der Waals surface area contributed by atoms with Crippen LogP contribution in [0.15, 0.2) is 50.7 Å². The number of amides is 1. The van der Waals surface area contributed by atoms with Gasteiger partial charge in [-0.15, -0.1) is 10.2 Å². The maximum absolute atomic E-state index is 12.2. The Morgan fingerprint density at radius 3 is 3.00 bits per heavy atom. The van der Waals surface area contributed by atoms with Crippen LogP contribution in [0.2, 0.25) is 0 Å². The number of aromatic nitrogens is 2. The van der Waals surface area contributed by atoms with E-state index in [1.165, 1.54) is 18.0 Å². The van der Waals surface area contributed by atoms with Crippen molar-refractivity contribution < 1.29 is 23.1 Å². The molecule has 1 atom stereocenters. The second kappa shape index (κ2) is 7.12. The lowest BCUT2D eigenvalue weighted by atomic mass is 10.1. The number of hydrogen-bond donors (Lipinski definition) is 1. The number of benzene rings is 1. The van der Waals surface area contributed by atoms with Crippen LogP contribution in [0, 0.1) is 0 Å². The minimum Gasteiger partial charge on any atom is -0.459 e. The fraction of sp³-hybridized carbons (Fsp3) is 0.235. The first kappa shape index (κ1) is 16.5. The van der Waals surface area contributed by atoms with E-state index in [0.717, 1.165) is 5.56 Å². The average Bonchev–Trinajstić information content (AvgIpc) is 3.40. The van der Waals surface area contributed by atoms with E-state index in [1.807, 2.05) is 25.1 Å². The monoisotopic (exact) mass is 373 g/mol. The topological polar surface area (TPSA) is 99.6 Å². The van der Waals surface area contributed by atoms with Gasteiger partial charge in [-0.3, -0.25) is 4.79 Å². The number of furan rings is 1. The Kier molecular flexibility index (Phi) is 4.53. The molecule has 3 aromatic rings. The molecule has 1 N–H and O–H groups in total. The van der Waals surface area contributed by atoms with Gasteiger partial charge in [0.25, 0.3) is 11.1 Å². The Morgan fingerprint density at radius 2 is 2.15 bits per heavy atom. The SMILES string of the molecule is CC(NC(=O)CSc1nnc(-c2ccco2)o1)c1ccc2c(c1)OCO2. The smallest absolute Gasteiger partial charge is 0.284 e. The van der Waals surface area contributed by atoms with Crippen molar-refractivity contribution in [1.82, 2.24) is 15.5 Å². The highest BCUT2D eigenvalue weighted by Gasteiger charge is 2.18. The molecule has 0 fully saturated rings. The zero-order valence-corrected chi connectivity index (χ0v) is 14.6. The van der Waals surface area contributed by atoms with Gasteiger partial charge in [0.05, 0.1) is 18.1 Å². The number of rotatable bonds is 6. The molecule has 0 spiro atoms. The zero-order chi connectivity index (χ0) is 17.9. The van der Waals surface area contributed by atoms with Gasteiger partial charge in [-0.05, 0) is 36.8 Å². The molecule has 2 aromatic heterocycles. The molecule has 1 aliphatic heterocycles. The molecule has 0 saturated heterocycles. The van der Waals surface area contributed by atoms with Crippen LogP contribution >= 0.6 is 11.8 Å². The summed E-state index contributed by atoms with van der Waals surface area (Å²) in [6.45, 7) is 2.13. The Balaban J connectivity index is 1.31. The summed E-state index contributed by atoms with van der Waals surface area (Å²) in [6, 6.07) is 8.90. The van der Waals surface area contributed by atoms with E-state index in [0.29, 0.717) is 22.5 Å². The van der Waals surface area contributed by atoms with Gasteiger partial charge in [-0.1, -0.05) is 17.8 Å². The van der Waals surface area contributed by atoms with E-state index in [2.05, 4.69) is 15.5 Å². The Labute approximate surface area is 152 Å². The maximum atomic E-state index is 12.2. The number of fused-ring (bicyclic) bond motifs is 1. The van der Waals surface area contributed by atoms with Crippen LogP contribution in [0.25, 0.3) is 11.7 Å². The summed E-state index contributed by atoms with van der Waals surface area (Å²) < 4.78 is 21.3. The van der Waals surface area contributed by atoms with Crippen molar-refractivity contribution in [2.45, 2.75) is 18.2 Å². The summed E-state index contributed by atoms with van der Waals surface area (Å²) in [5, 5.41) is 11.0. The van der Waals surface area contributed by atoms with Gasteiger partial charge in [-0.25, -0.2) is 0 Å². The van der Waals surface area contributed by atoms with Crippen molar-refractivity contribution in [2.24, 2.45) is 0 Å². The van der Waals surface area contributed by atoms with Crippen molar-refractivity contribution in [3.63, 3.8) is 0 Å². The van der Waals surface area contributed by atoms with E-state index in [-0.39, 0.29) is 30.4 Å². The van der Waals surface area contributed by atoms with Crippen LogP contribution in [0.1, 0.15) is 18.5 Å². The van der Waals surface area contributed by atoms with Crippen molar-refractivity contribution in [3.8, 4) is 23.1 Å². The van der Waals surface area contributed by atoms with E-state index >= 15 is 0 Å². The lowest BCUT2D eigenvalue weighted by Gasteiger charge is -2.14. The molecule has 1 aromatic carbocycles. The molecule has 0 aliphatic carbocycles. The van der Waals surface area contributed by atoms with E-state index in [1.54, 1.807) is 12.1 Å². The molecule has 1 amide bonds. The van der Waals surface area contributed by atoms with Crippen LogP contribution in [0.5, 0.6) is 11.5 Å². The first-order valence-corrected chi connectivity index (χ1v) is 8.87. The molecular formula is C17H15N3O5S. The first-order chi connectivity index (χ1) is 12.7. The van der Waals surface area contributed by atoms with Crippen LogP contribution in [0.3, 0.4) is 0 Å². The van der Waals surface area contributed by atoms with Gasteiger partial charge in [-0.2, -0.15) is 0 Å². The first-order valence-electron chi connectivity index (χ1n) is 7.88. The zero-order valence-electron chi connectivity index (χ0n) is 13.8. The molecule has 26 heavy (non-hydrogen) atoms. The summed E-state index contributed by atoms with van der Waals surface area (Å²) in [5.41, 5.74) is 0.936. The highest BCUT2D eigenvalue weighted by Crippen LogP contribution is 2.34. The Hall–Kier alpha value is -2.94. The molecule has 0 bridgehead atoms. The van der Waals surface area contributed by atoms with Crippen LogP contribution in [-0.4, -0.2) is 28.7 Å². The lowest BCUT2D eigenvalue weighted by molar-refractivity contribution is -0.119. The summed E-state index contributed by atoms with van der Waals surface area (Å²) in [4.78, 5) is 12.2. The van der Waals surface area contributed by atoms with Gasteiger partial charge in [0.15, 0.2) is 17.3 Å². The van der Waals surface area contributed by atoms with Crippen molar-refractivity contribution in [2.75, 3.05) is 12.5 Å². The van der Waals surface area contributed by atoms with Gasteiger partial charge < -0.3 is 23.6 Å². The summed E-state index contributed by atoms with van der Waals surface area (Å²) in [5.74, 6) is 2.20. The van der Waals surface area contributed by atoms with E-state index in [4.69, 9.17) is 18.3 Å². The van der Waals surface area contributed by atoms with Crippen molar-refractivity contribution in [1.29, 1.82) is 0 Å². The van der Waals surface area contributed by atoms with Crippen molar-refractivity contribution >= 4 is 17.7 Å². The fourth-order valence-electron chi connectivity index (χ4n) is 2.44. The molecule has 1 unspecified atom stereocenters. The van der Waals surface area contributed by atoms with Gasteiger partial charge in [0.1, 0.15) is 0 Å². The largest absolute Gasteiger partial charge is 0.459 e. The second-order valence-electron chi connectivity index (χ2n) is 5.54. The number of thioether (sulfide) groups is 1. The second-order valence-corrected chi connectivity index (χ2v) is 6.47. The standard InChI is InChI=1S/C17H15N3O5S/c1-10(11-4-5-12-14(7-11)24-9-23-12)18-15(21)8-26-17-20-19-16(25-17)13-3-2-6-22-13/h2-7,10H,8-9H2,1H3,(H,18,21). The third-order valence-electron chi connectivity index (χ3n) is 3.74. The Morgan fingerprint density at radius 1 is 1.27 bits per heavy atom.